The summed E-state index contributed by atoms with van der Waals surface area (Å²) in [5.41, 5.74) is 1.74. The molecule has 1 aliphatic carbocycles. The molecule has 2 aliphatic heterocycles. The zero-order valence-corrected chi connectivity index (χ0v) is 24.2. The maximum Gasteiger partial charge on any atom is 0.308 e. The second-order valence-electron chi connectivity index (χ2n) is 11.2. The molecule has 2 heterocycles. The lowest BCUT2D eigenvalue weighted by atomic mass is 9.64. The van der Waals surface area contributed by atoms with Crippen molar-refractivity contribution in [1.82, 2.24) is 0 Å². The molecule has 0 bridgehead atoms. The lowest BCUT2D eigenvalue weighted by molar-refractivity contribution is -0.131. The van der Waals surface area contributed by atoms with Crippen LogP contribution in [0.1, 0.15) is 62.0 Å². The molecule has 218 valence electrons. The molecule has 1 fully saturated rings. The summed E-state index contributed by atoms with van der Waals surface area (Å²) in [4.78, 5) is 58.0. The van der Waals surface area contributed by atoms with Gasteiger partial charge in [-0.05, 0) is 48.9 Å². The van der Waals surface area contributed by atoms with Crippen molar-refractivity contribution in [3.63, 3.8) is 0 Å². The third-order valence-corrected chi connectivity index (χ3v) is 8.94. The first-order valence-electron chi connectivity index (χ1n) is 14.7. The molecule has 4 aromatic rings. The van der Waals surface area contributed by atoms with Crippen molar-refractivity contribution < 1.29 is 28.7 Å². The summed E-state index contributed by atoms with van der Waals surface area (Å²) in [7, 11) is 0. The number of ketones is 3. The van der Waals surface area contributed by atoms with Crippen LogP contribution < -0.4 is 14.4 Å². The van der Waals surface area contributed by atoms with Crippen LogP contribution in [0.2, 0.25) is 0 Å². The minimum absolute atomic E-state index is 0.265. The maximum absolute atomic E-state index is 14.9. The van der Waals surface area contributed by atoms with Gasteiger partial charge in [-0.3, -0.25) is 19.2 Å². The highest BCUT2D eigenvalue weighted by Gasteiger charge is 2.71. The molecular formula is C37H29NO6. The summed E-state index contributed by atoms with van der Waals surface area (Å²) < 4.78 is 11.3. The van der Waals surface area contributed by atoms with Gasteiger partial charge in [-0.15, -0.1) is 0 Å². The van der Waals surface area contributed by atoms with E-state index in [-0.39, 0.29) is 17.3 Å². The van der Waals surface area contributed by atoms with Crippen molar-refractivity contribution in [2.45, 2.75) is 31.8 Å². The molecule has 0 radical (unpaired) electrons. The summed E-state index contributed by atoms with van der Waals surface area (Å²) in [5, 5.41) is 0. The number of benzene rings is 4. The fourth-order valence-electron chi connectivity index (χ4n) is 7.31. The second kappa shape index (κ2) is 10.5. The number of hydrogen-bond acceptors (Lipinski definition) is 7. The quantitative estimate of drug-likeness (QED) is 0.113. The number of Topliss-reactive ketones (excluding diaryl/α,β-unsaturated/α-hetero) is 3. The molecule has 0 amide bonds. The summed E-state index contributed by atoms with van der Waals surface area (Å²) in [6.07, 6.45) is 3.84. The Balaban J connectivity index is 1.51. The lowest BCUT2D eigenvalue weighted by Crippen LogP contribution is -2.48. The Morgan fingerprint density at radius 1 is 0.818 bits per heavy atom. The van der Waals surface area contributed by atoms with E-state index in [1.807, 2.05) is 72.5 Å². The van der Waals surface area contributed by atoms with Crippen LogP contribution in [0.5, 0.6) is 11.5 Å². The fourth-order valence-corrected chi connectivity index (χ4v) is 7.31. The van der Waals surface area contributed by atoms with Crippen molar-refractivity contribution in [1.29, 1.82) is 0 Å². The van der Waals surface area contributed by atoms with E-state index in [2.05, 4.69) is 0 Å². The monoisotopic (exact) mass is 583 g/mol. The normalized spacial score (nSPS) is 20.7. The highest BCUT2D eigenvalue weighted by molar-refractivity contribution is 6.32. The van der Waals surface area contributed by atoms with Crippen LogP contribution in [-0.2, 0) is 4.79 Å². The van der Waals surface area contributed by atoms with Crippen molar-refractivity contribution in [2.75, 3.05) is 11.5 Å². The van der Waals surface area contributed by atoms with E-state index in [0.717, 1.165) is 11.3 Å². The minimum Gasteiger partial charge on any atom is -0.494 e. The van der Waals surface area contributed by atoms with Gasteiger partial charge >= 0.3 is 5.97 Å². The van der Waals surface area contributed by atoms with Crippen molar-refractivity contribution in [3.05, 3.63) is 131 Å². The molecule has 7 heteroatoms. The highest BCUT2D eigenvalue weighted by Crippen LogP contribution is 2.62. The van der Waals surface area contributed by atoms with Crippen LogP contribution >= 0.6 is 0 Å². The van der Waals surface area contributed by atoms with Crippen molar-refractivity contribution >= 4 is 35.1 Å². The minimum atomic E-state index is -1.63. The van der Waals surface area contributed by atoms with Crippen molar-refractivity contribution in [2.24, 2.45) is 5.41 Å². The number of para-hydroxylation sites is 2. The summed E-state index contributed by atoms with van der Waals surface area (Å²) in [6, 6.07) is 26.7. The van der Waals surface area contributed by atoms with Gasteiger partial charge in [0.1, 0.15) is 23.0 Å². The topological polar surface area (TPSA) is 90.0 Å². The molecule has 1 spiro atoms. The Morgan fingerprint density at radius 2 is 1.45 bits per heavy atom. The number of esters is 1. The van der Waals surface area contributed by atoms with Crippen LogP contribution in [-0.4, -0.2) is 42.0 Å². The van der Waals surface area contributed by atoms with Gasteiger partial charge in [0, 0.05) is 40.8 Å². The smallest absolute Gasteiger partial charge is 0.308 e. The molecule has 1 saturated heterocycles. The zero-order chi connectivity index (χ0) is 30.6. The van der Waals surface area contributed by atoms with E-state index in [4.69, 9.17) is 9.47 Å². The standard InChI is InChI=1S/C37H29NO6/c1-3-43-30-15-9-7-13-28(30)32-33(34(40)24-16-19-25(20-17-24)44-22(2)39)38-29-14-8-4-10-23(29)18-21-31(38)37(32)35(41)26-11-5-6-12-27(26)36(37)42/h4-21,31-33H,3H2,1-2H3/t31-,32+,33+/m1/s1. The molecule has 0 N–H and O–H groups in total. The van der Waals surface area contributed by atoms with Gasteiger partial charge < -0.3 is 14.4 Å². The first-order chi connectivity index (χ1) is 21.4. The third-order valence-electron chi connectivity index (χ3n) is 8.94. The Kier molecular flexibility index (Phi) is 6.54. The van der Waals surface area contributed by atoms with Gasteiger partial charge in [0.25, 0.3) is 0 Å². The van der Waals surface area contributed by atoms with Gasteiger partial charge in [0.05, 0.1) is 12.6 Å². The van der Waals surface area contributed by atoms with E-state index in [1.165, 1.54) is 6.92 Å². The number of rotatable bonds is 6. The number of fused-ring (bicyclic) bond motifs is 5. The third kappa shape index (κ3) is 3.89. The van der Waals surface area contributed by atoms with Crippen LogP contribution in [0.25, 0.3) is 6.08 Å². The average molecular weight is 584 g/mol. The van der Waals surface area contributed by atoms with Crippen LogP contribution in [0.3, 0.4) is 0 Å². The van der Waals surface area contributed by atoms with Gasteiger partial charge in [-0.2, -0.15) is 0 Å². The van der Waals surface area contributed by atoms with E-state index in [1.54, 1.807) is 48.5 Å². The first-order valence-corrected chi connectivity index (χ1v) is 14.7. The number of carbonyl (C=O) groups is 4. The number of ether oxygens (including phenoxy) is 2. The van der Waals surface area contributed by atoms with Gasteiger partial charge in [0.15, 0.2) is 17.3 Å². The van der Waals surface area contributed by atoms with E-state index in [0.29, 0.717) is 40.4 Å². The molecule has 3 aliphatic rings. The van der Waals surface area contributed by atoms with Crippen LogP contribution in [0.4, 0.5) is 5.69 Å². The average Bonchev–Trinajstić information content (AvgIpc) is 3.47. The molecular weight excluding hydrogens is 554 g/mol. The van der Waals surface area contributed by atoms with Crippen molar-refractivity contribution in [3.8, 4) is 11.5 Å². The Bertz CT molecular complexity index is 1840. The number of nitrogens with zero attached hydrogens (tertiary/aromatic N) is 1. The maximum atomic E-state index is 14.9. The molecule has 4 aromatic carbocycles. The Morgan fingerprint density at radius 3 is 2.14 bits per heavy atom. The van der Waals surface area contributed by atoms with E-state index < -0.39 is 29.4 Å². The number of hydrogen-bond donors (Lipinski definition) is 0. The molecule has 0 saturated carbocycles. The number of anilines is 1. The summed E-state index contributed by atoms with van der Waals surface area (Å²) in [5.74, 6) is -1.38. The number of carbonyl (C=O) groups excluding carboxylic acids is 4. The predicted octanol–water partition coefficient (Wildman–Crippen LogP) is 6.33. The van der Waals surface area contributed by atoms with Gasteiger partial charge in [0.2, 0.25) is 0 Å². The van der Waals surface area contributed by atoms with E-state index in [9.17, 15) is 19.2 Å². The molecule has 44 heavy (non-hydrogen) atoms. The molecule has 7 nitrogen and oxygen atoms in total. The van der Waals surface area contributed by atoms with Crippen LogP contribution in [0, 0.1) is 5.41 Å². The first kappa shape index (κ1) is 27.5. The summed E-state index contributed by atoms with van der Waals surface area (Å²) >= 11 is 0. The second-order valence-corrected chi connectivity index (χ2v) is 11.2. The molecule has 7 rings (SSSR count). The van der Waals surface area contributed by atoms with Gasteiger partial charge in [-0.25, -0.2) is 0 Å². The largest absolute Gasteiger partial charge is 0.494 e. The zero-order valence-electron chi connectivity index (χ0n) is 24.2. The predicted molar refractivity (Wildman–Crippen MR) is 166 cm³/mol. The Labute approximate surface area is 254 Å². The van der Waals surface area contributed by atoms with Crippen LogP contribution in [0.15, 0.2) is 103 Å². The van der Waals surface area contributed by atoms with Gasteiger partial charge in [-0.1, -0.05) is 72.8 Å². The highest BCUT2D eigenvalue weighted by atomic mass is 16.5. The lowest BCUT2D eigenvalue weighted by Gasteiger charge is -2.37. The molecule has 3 atom stereocenters. The fraction of sp³-hybridized carbons (Fsp3) is 0.189. The molecule has 0 aromatic heterocycles. The Hall–Kier alpha value is -5.30. The SMILES string of the molecule is CCOc1ccccc1[C@H]1[C@@H](C(=O)c2ccc(OC(C)=O)cc2)N2c3ccccc3C=C[C@@H]2C12C(=O)c1ccccc1C2=O. The molecule has 0 unspecified atom stereocenters. The van der Waals surface area contributed by atoms with E-state index >= 15 is 0 Å². The summed E-state index contributed by atoms with van der Waals surface area (Å²) in [6.45, 7) is 3.55.